The second-order valence-corrected chi connectivity index (χ2v) is 5.77. The quantitative estimate of drug-likeness (QED) is 0.778. The number of aliphatic hydroxyl groups excluding tert-OH is 1. The molecular weight excluding hydrogens is 302 g/mol. The summed E-state index contributed by atoms with van der Waals surface area (Å²) >= 11 is 5.60. The smallest absolute Gasteiger partial charge is 0.256 e. The highest BCUT2D eigenvalue weighted by Crippen LogP contribution is 2.18. The molecule has 1 aromatic rings. The summed E-state index contributed by atoms with van der Waals surface area (Å²) in [6.07, 6.45) is -0.627. The van der Waals surface area contributed by atoms with Crippen LogP contribution in [0.5, 0.6) is 0 Å². The Bertz CT molecular complexity index is 490. The first-order valence-corrected chi connectivity index (χ1v) is 8.27. The number of alkyl halides is 1. The van der Waals surface area contributed by atoms with Gasteiger partial charge in [-0.1, -0.05) is 19.1 Å². The van der Waals surface area contributed by atoms with Crippen molar-refractivity contribution in [2.75, 3.05) is 50.5 Å². The second-order valence-electron chi connectivity index (χ2n) is 5.46. The Hall–Kier alpha value is -1.30. The van der Waals surface area contributed by atoms with Gasteiger partial charge in [0.1, 0.15) is 0 Å². The Morgan fingerprint density at radius 2 is 2.00 bits per heavy atom. The Morgan fingerprint density at radius 3 is 2.64 bits per heavy atom. The first-order valence-electron chi connectivity index (χ1n) is 7.74. The summed E-state index contributed by atoms with van der Waals surface area (Å²) in [4.78, 5) is 16.9. The number of hydrogen-bond acceptors (Lipinski definition) is 4. The van der Waals surface area contributed by atoms with E-state index >= 15 is 0 Å². The highest BCUT2D eigenvalue weighted by molar-refractivity contribution is 6.18. The van der Waals surface area contributed by atoms with Gasteiger partial charge in [0.2, 0.25) is 0 Å². The summed E-state index contributed by atoms with van der Waals surface area (Å²) in [5, 5.41) is 12.7. The molecular formula is C16H24ClN3O2. The van der Waals surface area contributed by atoms with Crippen LogP contribution in [0, 0.1) is 0 Å². The van der Waals surface area contributed by atoms with E-state index in [0.717, 1.165) is 38.4 Å². The molecule has 0 bridgehead atoms. The maximum Gasteiger partial charge on any atom is 0.256 e. The number of rotatable bonds is 6. The third-order valence-electron chi connectivity index (χ3n) is 3.97. The Morgan fingerprint density at radius 1 is 1.32 bits per heavy atom. The molecule has 1 amide bonds. The predicted octanol–water partition coefficient (Wildman–Crippen LogP) is 1.48. The Kier molecular flexibility index (Phi) is 6.49. The highest BCUT2D eigenvalue weighted by Gasteiger charge is 2.23. The van der Waals surface area contributed by atoms with Crippen molar-refractivity contribution in [1.82, 2.24) is 9.80 Å². The average molecular weight is 326 g/mol. The lowest BCUT2D eigenvalue weighted by Crippen LogP contribution is -2.48. The molecule has 1 saturated heterocycles. The van der Waals surface area contributed by atoms with Crippen molar-refractivity contribution >= 4 is 23.2 Å². The lowest BCUT2D eigenvalue weighted by Gasteiger charge is -2.34. The first-order chi connectivity index (χ1) is 10.7. The van der Waals surface area contributed by atoms with Gasteiger partial charge in [-0.15, -0.1) is 11.6 Å². The fourth-order valence-corrected chi connectivity index (χ4v) is 2.65. The molecule has 122 valence electrons. The minimum Gasteiger partial charge on any atom is -0.390 e. The molecule has 0 radical (unpaired) electrons. The zero-order valence-electron chi connectivity index (χ0n) is 13.0. The summed E-state index contributed by atoms with van der Waals surface area (Å²) in [5.74, 6) is 0.210. The van der Waals surface area contributed by atoms with Crippen LogP contribution in [0.4, 0.5) is 5.69 Å². The number of nitrogens with one attached hydrogen (secondary N) is 1. The molecule has 0 saturated carbocycles. The van der Waals surface area contributed by atoms with E-state index in [0.29, 0.717) is 12.1 Å². The van der Waals surface area contributed by atoms with Gasteiger partial charge in [0, 0.05) is 38.4 Å². The van der Waals surface area contributed by atoms with Crippen molar-refractivity contribution in [3.05, 3.63) is 29.8 Å². The number of halogens is 1. The van der Waals surface area contributed by atoms with Crippen LogP contribution in [0.2, 0.25) is 0 Å². The highest BCUT2D eigenvalue weighted by atomic mass is 35.5. The monoisotopic (exact) mass is 325 g/mol. The molecule has 22 heavy (non-hydrogen) atoms. The second kappa shape index (κ2) is 8.36. The number of carbonyl (C=O) groups excluding carboxylic acids is 1. The van der Waals surface area contributed by atoms with Crippen LogP contribution in [0.3, 0.4) is 0 Å². The number of amides is 1. The topological polar surface area (TPSA) is 55.8 Å². The van der Waals surface area contributed by atoms with Gasteiger partial charge in [0.15, 0.2) is 0 Å². The van der Waals surface area contributed by atoms with E-state index in [1.807, 2.05) is 29.2 Å². The Balaban J connectivity index is 2.03. The molecule has 0 aromatic heterocycles. The number of para-hydroxylation sites is 1. The van der Waals surface area contributed by atoms with Crippen LogP contribution in [-0.2, 0) is 0 Å². The fraction of sp³-hybridized carbons (Fsp3) is 0.562. The van der Waals surface area contributed by atoms with Crippen LogP contribution < -0.4 is 5.32 Å². The zero-order chi connectivity index (χ0) is 15.9. The van der Waals surface area contributed by atoms with E-state index in [-0.39, 0.29) is 11.8 Å². The van der Waals surface area contributed by atoms with Crippen LogP contribution in [0.15, 0.2) is 24.3 Å². The number of likely N-dealkylation sites (N-methyl/N-ethyl adjacent to an activating group) is 1. The van der Waals surface area contributed by atoms with Crippen molar-refractivity contribution in [1.29, 1.82) is 0 Å². The molecule has 1 fully saturated rings. The molecule has 1 aliphatic rings. The molecule has 1 aromatic carbocycles. The van der Waals surface area contributed by atoms with Gasteiger partial charge in [-0.25, -0.2) is 0 Å². The largest absolute Gasteiger partial charge is 0.390 e. The minimum absolute atomic E-state index is 0.0409. The van der Waals surface area contributed by atoms with Crippen molar-refractivity contribution in [2.45, 2.75) is 13.0 Å². The molecule has 1 aliphatic heterocycles. The molecule has 2 rings (SSSR count). The lowest BCUT2D eigenvalue weighted by molar-refractivity contribution is 0.0644. The molecule has 1 atom stereocenters. The van der Waals surface area contributed by atoms with Gasteiger partial charge < -0.3 is 20.2 Å². The number of aliphatic hydroxyl groups is 1. The van der Waals surface area contributed by atoms with Gasteiger partial charge >= 0.3 is 0 Å². The van der Waals surface area contributed by atoms with E-state index in [1.54, 1.807) is 0 Å². The molecule has 6 heteroatoms. The zero-order valence-corrected chi connectivity index (χ0v) is 13.7. The van der Waals surface area contributed by atoms with Crippen LogP contribution in [-0.4, -0.2) is 72.1 Å². The molecule has 0 aliphatic carbocycles. The average Bonchev–Trinajstić information content (AvgIpc) is 2.59. The van der Waals surface area contributed by atoms with E-state index in [4.69, 9.17) is 11.6 Å². The summed E-state index contributed by atoms with van der Waals surface area (Å²) in [7, 11) is 0. The third-order valence-corrected chi connectivity index (χ3v) is 4.33. The molecule has 2 N–H and O–H groups in total. The standard InChI is InChI=1S/C16H24ClN3O2/c1-2-19-7-9-20(10-8-19)16(22)14-5-3-4-6-15(14)18-12-13(21)11-17/h3-6,13,18,21H,2,7-12H2,1H3. The fourth-order valence-electron chi connectivity index (χ4n) is 2.54. The summed E-state index contributed by atoms with van der Waals surface area (Å²) < 4.78 is 0. The molecule has 0 spiro atoms. The van der Waals surface area contributed by atoms with Crippen molar-refractivity contribution in [3.63, 3.8) is 0 Å². The van der Waals surface area contributed by atoms with Crippen LogP contribution in [0.1, 0.15) is 17.3 Å². The van der Waals surface area contributed by atoms with Gasteiger partial charge in [-0.2, -0.15) is 0 Å². The lowest BCUT2D eigenvalue weighted by atomic mass is 10.1. The number of nitrogens with zero attached hydrogens (tertiary/aromatic N) is 2. The number of carbonyl (C=O) groups is 1. The van der Waals surface area contributed by atoms with Crippen molar-refractivity contribution in [3.8, 4) is 0 Å². The van der Waals surface area contributed by atoms with E-state index in [9.17, 15) is 9.90 Å². The summed E-state index contributed by atoms with van der Waals surface area (Å²) in [5.41, 5.74) is 1.39. The predicted molar refractivity (Wildman–Crippen MR) is 89.7 cm³/mol. The van der Waals surface area contributed by atoms with E-state index in [1.165, 1.54) is 0 Å². The summed E-state index contributed by atoms with van der Waals surface area (Å²) in [6.45, 7) is 6.84. The first kappa shape index (κ1) is 17.1. The molecule has 1 heterocycles. The molecule has 5 nitrogen and oxygen atoms in total. The van der Waals surface area contributed by atoms with Gasteiger partial charge in [-0.3, -0.25) is 4.79 Å². The van der Waals surface area contributed by atoms with Gasteiger partial charge in [0.05, 0.1) is 17.5 Å². The van der Waals surface area contributed by atoms with E-state index in [2.05, 4.69) is 17.1 Å². The molecule has 1 unspecified atom stereocenters. The van der Waals surface area contributed by atoms with Crippen LogP contribution in [0.25, 0.3) is 0 Å². The number of benzene rings is 1. The van der Waals surface area contributed by atoms with Gasteiger partial charge in [-0.05, 0) is 18.7 Å². The third kappa shape index (κ3) is 4.35. The number of anilines is 1. The number of hydrogen-bond donors (Lipinski definition) is 2. The van der Waals surface area contributed by atoms with Gasteiger partial charge in [0.25, 0.3) is 5.91 Å². The maximum atomic E-state index is 12.7. The van der Waals surface area contributed by atoms with E-state index < -0.39 is 6.10 Å². The number of piperazine rings is 1. The van der Waals surface area contributed by atoms with Crippen molar-refractivity contribution in [2.24, 2.45) is 0 Å². The SMILES string of the molecule is CCN1CCN(C(=O)c2ccccc2NCC(O)CCl)CC1. The normalized spacial score (nSPS) is 17.3. The van der Waals surface area contributed by atoms with Crippen LogP contribution >= 0.6 is 11.6 Å². The summed E-state index contributed by atoms with van der Waals surface area (Å²) in [6, 6.07) is 7.42. The minimum atomic E-state index is -0.627. The van der Waals surface area contributed by atoms with Crippen molar-refractivity contribution < 1.29 is 9.90 Å². The maximum absolute atomic E-state index is 12.7. The Labute approximate surface area is 136 Å².